The summed E-state index contributed by atoms with van der Waals surface area (Å²) in [5.41, 5.74) is -5.70. The number of nitrogens with one attached hydrogen (secondary N) is 4. The number of carbonyl (C=O) groups is 2. The highest BCUT2D eigenvalue weighted by Gasteiger charge is 2.28. The van der Waals surface area contributed by atoms with Crippen LogP contribution in [0, 0.1) is 0 Å². The second-order valence-electron chi connectivity index (χ2n) is 12.1. The van der Waals surface area contributed by atoms with Crippen molar-refractivity contribution < 1.29 is 61.5 Å². The first-order valence-electron chi connectivity index (χ1n) is 15.7. The summed E-state index contributed by atoms with van der Waals surface area (Å²) in [7, 11) is -20.1. The molecule has 2 amide bonds. The number of aromatic amines is 2. The van der Waals surface area contributed by atoms with Gasteiger partial charge >= 0.3 is 0 Å². The van der Waals surface area contributed by atoms with Gasteiger partial charge in [0, 0.05) is 58.4 Å². The van der Waals surface area contributed by atoms with E-state index in [0.29, 0.717) is 12.1 Å². The Balaban J connectivity index is 1.32. The van der Waals surface area contributed by atoms with Gasteiger partial charge in [-0.2, -0.15) is 33.7 Å². The second-order valence-corrected chi connectivity index (χ2v) is 17.7. The van der Waals surface area contributed by atoms with E-state index in [1.807, 2.05) is 0 Å². The van der Waals surface area contributed by atoms with Crippen LogP contribution in [-0.2, 0) is 40.5 Å². The van der Waals surface area contributed by atoms with Crippen molar-refractivity contribution in [3.05, 3.63) is 128 Å². The first kappa shape index (κ1) is 41.3. The molecule has 0 bridgehead atoms. The average Bonchev–Trinajstić information content (AvgIpc) is 3.13. The summed E-state index contributed by atoms with van der Waals surface area (Å²) in [6.45, 7) is 0. The molecule has 0 fully saturated rings. The Labute approximate surface area is 326 Å². The molecule has 2 aliphatic carbocycles. The number of benzene rings is 4. The van der Waals surface area contributed by atoms with E-state index < -0.39 is 93.9 Å². The third-order valence-electron chi connectivity index (χ3n) is 8.37. The van der Waals surface area contributed by atoms with Gasteiger partial charge in [0.25, 0.3) is 52.3 Å². The molecule has 0 unspecified atom stereocenters. The molecule has 4 aliphatic rings. The minimum atomic E-state index is -5.12. The topological polar surface area (TPSA) is 341 Å². The Kier molecular flexibility index (Phi) is 10.6. The van der Waals surface area contributed by atoms with Gasteiger partial charge in [-0.1, -0.05) is 24.3 Å². The number of rotatable bonds is 10. The molecule has 0 saturated heterocycles. The van der Waals surface area contributed by atoms with E-state index in [4.69, 9.17) is 0 Å². The van der Waals surface area contributed by atoms with Crippen LogP contribution in [0.1, 0.15) is 31.8 Å². The summed E-state index contributed by atoms with van der Waals surface area (Å²) in [5.74, 6) is -2.47. The van der Waals surface area contributed by atoms with Crippen molar-refractivity contribution >= 4 is 75.8 Å². The van der Waals surface area contributed by atoms with Gasteiger partial charge < -0.3 is 20.6 Å². The van der Waals surface area contributed by atoms with Crippen molar-refractivity contribution in [3.63, 3.8) is 0 Å². The zero-order valence-electron chi connectivity index (χ0n) is 28.6. The first-order valence-corrected chi connectivity index (χ1v) is 21.5. The Morgan fingerprint density at radius 2 is 0.828 bits per heavy atom. The van der Waals surface area contributed by atoms with Gasteiger partial charge in [0.1, 0.15) is 19.6 Å². The lowest BCUT2D eigenvalue weighted by Gasteiger charge is -2.13. The Bertz CT molecular complexity index is 3050. The van der Waals surface area contributed by atoms with E-state index in [2.05, 4.69) is 20.6 Å². The number of anilines is 2. The summed E-state index contributed by atoms with van der Waals surface area (Å²) in [6, 6.07) is 9.39. The van der Waals surface area contributed by atoms with Crippen LogP contribution in [0.3, 0.4) is 0 Å². The molecule has 58 heavy (non-hydrogen) atoms. The van der Waals surface area contributed by atoms with Gasteiger partial charge in [0.2, 0.25) is 10.9 Å². The lowest BCUT2D eigenvalue weighted by atomic mass is 10.0. The highest BCUT2D eigenvalue weighted by molar-refractivity contribution is 7.86. The number of H-pyrrole nitrogens is 2. The van der Waals surface area contributed by atoms with Crippen LogP contribution in [0.2, 0.25) is 0 Å². The molecule has 2 aromatic rings. The number of amides is 2. The van der Waals surface area contributed by atoms with Crippen molar-refractivity contribution in [1.82, 2.24) is 9.97 Å². The van der Waals surface area contributed by atoms with E-state index in [1.165, 1.54) is 24.5 Å². The van der Waals surface area contributed by atoms with E-state index in [1.54, 1.807) is 0 Å². The summed E-state index contributed by atoms with van der Waals surface area (Å²) >= 11 is 0. The molecule has 2 aliphatic heterocycles. The summed E-state index contributed by atoms with van der Waals surface area (Å²) in [6.07, 6.45) is 6.70. The van der Waals surface area contributed by atoms with Crippen LogP contribution in [-0.4, -0.2) is 73.7 Å². The molecule has 0 radical (unpaired) electrons. The Hall–Kier alpha value is -6.38. The number of pyridine rings is 2. The van der Waals surface area contributed by atoms with Crippen LogP contribution in [0.25, 0.3) is 34.4 Å². The zero-order valence-corrected chi connectivity index (χ0v) is 31.8. The van der Waals surface area contributed by atoms with Gasteiger partial charge in [-0.15, -0.1) is 0 Å². The third-order valence-corrected chi connectivity index (χ3v) is 12.0. The van der Waals surface area contributed by atoms with Crippen molar-refractivity contribution in [2.24, 2.45) is 0 Å². The van der Waals surface area contributed by atoms with E-state index in [0.717, 1.165) is 60.9 Å². The number of hydrogen-bond donors (Lipinski definition) is 8. The van der Waals surface area contributed by atoms with Crippen molar-refractivity contribution in [1.29, 1.82) is 0 Å². The predicted octanol–water partition coefficient (Wildman–Crippen LogP) is 2.93. The number of fused-ring (bicyclic) bond motifs is 2. The van der Waals surface area contributed by atoms with Crippen molar-refractivity contribution in [3.8, 4) is 22.3 Å². The molecule has 2 heterocycles. The maximum Gasteiger partial charge on any atom is 0.295 e. The lowest BCUT2D eigenvalue weighted by molar-refractivity contribution is 0.101. The standard InChI is InChI=1S/C34H24N4O16S4/c39-31-23(13-29(57(49,50)51)21-7-9-35-15-25(21)31)33(41)37-19-5-3-17(27(11-19)55(43,44)45)1-2-18-4-6-20(12-28(18)56(46,47)48)38-34(42)24-14-30(58(52,53)54)22-8-10-36-16-26(22)32(24)40/h1-16,35-36H,(H,37,41)(H,38,42)(H,43,44,45)(H,46,47,48)(H,49,50,51)(H,52,53,54)/b2-1+. The molecule has 20 nitrogen and oxygen atoms in total. The first-order chi connectivity index (χ1) is 26.9. The van der Waals surface area contributed by atoms with Gasteiger partial charge in [-0.25, -0.2) is 0 Å². The fraction of sp³-hybridized carbons (Fsp3) is 0. The number of aromatic nitrogens is 2. The fourth-order valence-electron chi connectivity index (χ4n) is 5.79. The zero-order chi connectivity index (χ0) is 42.5. The highest BCUT2D eigenvalue weighted by Crippen LogP contribution is 2.30. The summed E-state index contributed by atoms with van der Waals surface area (Å²) in [4.78, 5) is 54.3. The molecule has 2 aromatic carbocycles. The highest BCUT2D eigenvalue weighted by atomic mass is 32.2. The minimum Gasteiger partial charge on any atom is -0.367 e. The maximum absolute atomic E-state index is 13.2. The largest absolute Gasteiger partial charge is 0.367 e. The van der Waals surface area contributed by atoms with E-state index in [9.17, 15) is 71.1 Å². The number of hydrogen-bond acceptors (Lipinski definition) is 12. The molecule has 0 spiro atoms. The van der Waals surface area contributed by atoms with Crippen LogP contribution in [0.4, 0.5) is 11.4 Å². The maximum atomic E-state index is 13.2. The van der Waals surface area contributed by atoms with Gasteiger partial charge in [0.05, 0.1) is 11.1 Å². The summed E-state index contributed by atoms with van der Waals surface area (Å²) < 4.78 is 137. The third kappa shape index (κ3) is 8.34. The molecule has 0 saturated carbocycles. The molecule has 6 rings (SSSR count). The monoisotopic (exact) mass is 872 g/mol. The number of carbonyl (C=O) groups excluding carboxylic acids is 2. The average molecular weight is 873 g/mol. The lowest BCUT2D eigenvalue weighted by Crippen LogP contribution is -2.24. The van der Waals surface area contributed by atoms with Gasteiger partial charge in [-0.3, -0.25) is 37.4 Å². The van der Waals surface area contributed by atoms with E-state index in [-0.39, 0.29) is 44.8 Å². The van der Waals surface area contributed by atoms with Crippen LogP contribution < -0.4 is 21.5 Å². The van der Waals surface area contributed by atoms with Crippen LogP contribution in [0.15, 0.2) is 115 Å². The van der Waals surface area contributed by atoms with Crippen molar-refractivity contribution in [2.45, 2.75) is 19.6 Å². The molecule has 8 N–H and O–H groups in total. The van der Waals surface area contributed by atoms with Crippen LogP contribution >= 0.6 is 0 Å². The molecule has 24 heteroatoms. The van der Waals surface area contributed by atoms with E-state index >= 15 is 0 Å². The van der Waals surface area contributed by atoms with Gasteiger partial charge in [-0.05, 0) is 59.7 Å². The predicted molar refractivity (Wildman–Crippen MR) is 204 cm³/mol. The molecular weight excluding hydrogens is 849 g/mol. The smallest absolute Gasteiger partial charge is 0.295 e. The summed E-state index contributed by atoms with van der Waals surface area (Å²) in [5, 5.41) is 4.41. The molecule has 0 aromatic heterocycles. The SMILES string of the molecule is O=C(Nc1ccc(/C=C/c2ccc(NC(=O)c3cc(S(=O)(=O)O)c4cc[nH]cc-4c3=O)cc2S(=O)(=O)O)c(S(=O)(=O)O)c1)c1cc(S(=O)(=O)O)c2cc[nH]cc-2c1=O. The fourth-order valence-corrected chi connectivity index (χ4v) is 8.66. The Morgan fingerprint density at radius 3 is 1.16 bits per heavy atom. The quantitative estimate of drug-likeness (QED) is 0.0724. The molecular formula is C34H24N4O16S4. The van der Waals surface area contributed by atoms with Gasteiger partial charge in [0.15, 0.2) is 0 Å². The second kappa shape index (κ2) is 14.8. The normalized spacial score (nSPS) is 12.6. The van der Waals surface area contributed by atoms with Crippen LogP contribution in [0.5, 0.6) is 0 Å². The van der Waals surface area contributed by atoms with Crippen molar-refractivity contribution in [2.75, 3.05) is 10.6 Å². The minimum absolute atomic E-state index is 0.196. The molecule has 300 valence electrons. The Morgan fingerprint density at radius 1 is 0.483 bits per heavy atom. The molecule has 0 atom stereocenters.